The number of alkyl halides is 3. The second-order valence-electron chi connectivity index (χ2n) is 3.92. The summed E-state index contributed by atoms with van der Waals surface area (Å²) in [7, 11) is -3.76. The zero-order chi connectivity index (χ0) is 15.3. The van der Waals surface area contributed by atoms with Gasteiger partial charge in [0.2, 0.25) is 0 Å². The van der Waals surface area contributed by atoms with Gasteiger partial charge in [-0.3, -0.25) is 4.55 Å². The highest BCUT2D eigenvalue weighted by molar-refractivity contribution is 7.86. The van der Waals surface area contributed by atoms with E-state index in [4.69, 9.17) is 13.0 Å². The van der Waals surface area contributed by atoms with Crippen LogP contribution in [0.5, 0.6) is 0 Å². The van der Waals surface area contributed by atoms with Gasteiger partial charge in [-0.2, -0.15) is 21.6 Å². The molecule has 0 bridgehead atoms. The normalized spacial score (nSPS) is 11.9. The number of nitrogens with zero attached hydrogens (tertiary/aromatic N) is 2. The van der Waals surface area contributed by atoms with Crippen LogP contribution in [0.15, 0.2) is 12.4 Å². The molecule has 0 aromatic carbocycles. The van der Waals surface area contributed by atoms with Crippen LogP contribution >= 0.6 is 0 Å². The standard InChI is InChI=1S/C9H17N2.CHF3O3S/c1-4-5-6-11-8-7-10(3)9(11)2;2-1(3,4)8(5,6)7/h7-8H,4-6H2,1-3H3;(H,5,6,7)/q+1;. The van der Waals surface area contributed by atoms with E-state index in [0.29, 0.717) is 0 Å². The Morgan fingerprint density at radius 3 is 2.16 bits per heavy atom. The number of aryl methyl sites for hydroxylation is 2. The molecule has 1 rings (SSSR count). The lowest BCUT2D eigenvalue weighted by molar-refractivity contribution is -0.677. The van der Waals surface area contributed by atoms with Crippen molar-refractivity contribution in [3.05, 3.63) is 18.2 Å². The van der Waals surface area contributed by atoms with Gasteiger partial charge < -0.3 is 0 Å². The van der Waals surface area contributed by atoms with Crippen molar-refractivity contribution in [2.24, 2.45) is 7.05 Å². The summed E-state index contributed by atoms with van der Waals surface area (Å²) in [6.45, 7) is 5.53. The molecule has 1 aromatic heterocycles. The van der Waals surface area contributed by atoms with E-state index in [1.54, 1.807) is 0 Å². The van der Waals surface area contributed by atoms with Crippen molar-refractivity contribution in [1.29, 1.82) is 0 Å². The van der Waals surface area contributed by atoms with Crippen molar-refractivity contribution in [1.82, 2.24) is 4.57 Å². The van der Waals surface area contributed by atoms with E-state index >= 15 is 0 Å². The Labute approximate surface area is 110 Å². The van der Waals surface area contributed by atoms with Gasteiger partial charge in [-0.1, -0.05) is 13.3 Å². The number of unbranched alkanes of at least 4 members (excludes halogenated alkanes) is 1. The van der Waals surface area contributed by atoms with Crippen LogP contribution in [0.2, 0.25) is 0 Å². The Hall–Kier alpha value is -1.09. The van der Waals surface area contributed by atoms with Crippen LogP contribution < -0.4 is 4.57 Å². The van der Waals surface area contributed by atoms with Crippen molar-refractivity contribution in [3.8, 4) is 0 Å². The van der Waals surface area contributed by atoms with E-state index in [-0.39, 0.29) is 0 Å². The second kappa shape index (κ2) is 6.90. The molecule has 5 nitrogen and oxygen atoms in total. The fraction of sp³-hybridized carbons (Fsp3) is 0.700. The maximum atomic E-state index is 10.7. The molecule has 112 valence electrons. The largest absolute Gasteiger partial charge is 0.522 e. The molecule has 0 atom stereocenters. The molecule has 0 radical (unpaired) electrons. The van der Waals surface area contributed by atoms with Gasteiger partial charge in [0.15, 0.2) is 0 Å². The number of imidazole rings is 1. The molecule has 0 saturated heterocycles. The first kappa shape index (κ1) is 17.9. The Balaban J connectivity index is 0.000000362. The SMILES string of the molecule is CCCCn1cc[n+](C)c1C.O=S(=O)(O)C(F)(F)F. The lowest BCUT2D eigenvalue weighted by atomic mass is 10.3. The van der Waals surface area contributed by atoms with Gasteiger partial charge in [-0.05, 0) is 6.42 Å². The highest BCUT2D eigenvalue weighted by Gasteiger charge is 2.44. The molecule has 1 N–H and O–H groups in total. The molecular weight excluding hydrogens is 285 g/mol. The van der Waals surface area contributed by atoms with E-state index in [1.807, 2.05) is 0 Å². The van der Waals surface area contributed by atoms with Gasteiger partial charge in [0, 0.05) is 6.92 Å². The van der Waals surface area contributed by atoms with E-state index < -0.39 is 15.6 Å². The average molecular weight is 303 g/mol. The zero-order valence-corrected chi connectivity index (χ0v) is 11.8. The van der Waals surface area contributed by atoms with Crippen molar-refractivity contribution in [3.63, 3.8) is 0 Å². The molecule has 0 spiro atoms. The van der Waals surface area contributed by atoms with E-state index in [0.717, 1.165) is 6.54 Å². The molecule has 9 heteroatoms. The van der Waals surface area contributed by atoms with Gasteiger partial charge in [0.25, 0.3) is 5.82 Å². The minimum atomic E-state index is -5.84. The average Bonchev–Trinajstić information content (AvgIpc) is 2.55. The lowest BCUT2D eigenvalue weighted by Crippen LogP contribution is -2.29. The molecule has 0 aliphatic heterocycles. The molecular formula is C10H18F3N2O3S+. The van der Waals surface area contributed by atoms with E-state index in [1.165, 1.54) is 18.7 Å². The Bertz CT molecular complexity index is 495. The number of aromatic nitrogens is 2. The summed E-state index contributed by atoms with van der Waals surface area (Å²) < 4.78 is 62.0. The minimum absolute atomic E-state index is 1.16. The summed E-state index contributed by atoms with van der Waals surface area (Å²) >= 11 is 0. The fourth-order valence-electron chi connectivity index (χ4n) is 1.16. The van der Waals surface area contributed by atoms with Crippen molar-refractivity contribution in [2.45, 2.75) is 38.7 Å². The summed E-state index contributed by atoms with van der Waals surface area (Å²) in [5.41, 5.74) is -5.53. The highest BCUT2D eigenvalue weighted by Crippen LogP contribution is 2.20. The van der Waals surface area contributed by atoms with Gasteiger partial charge in [0.05, 0.1) is 13.6 Å². The number of hydrogen-bond acceptors (Lipinski definition) is 2. The third-order valence-electron chi connectivity index (χ3n) is 2.44. The third kappa shape index (κ3) is 6.06. The zero-order valence-electron chi connectivity index (χ0n) is 11.0. The summed E-state index contributed by atoms with van der Waals surface area (Å²) in [5.74, 6) is 1.33. The molecule has 0 unspecified atom stereocenters. The van der Waals surface area contributed by atoms with Crippen molar-refractivity contribution in [2.75, 3.05) is 0 Å². The molecule has 0 aliphatic rings. The molecule has 0 fully saturated rings. The van der Waals surface area contributed by atoms with Gasteiger partial charge >= 0.3 is 15.6 Å². The summed E-state index contributed by atoms with van der Waals surface area (Å²) in [5, 5.41) is 0. The third-order valence-corrected chi connectivity index (χ3v) is 3.03. The Morgan fingerprint density at radius 2 is 1.89 bits per heavy atom. The molecule has 0 saturated carbocycles. The summed E-state index contributed by atoms with van der Waals surface area (Å²) in [4.78, 5) is 0. The van der Waals surface area contributed by atoms with Crippen LogP contribution in [0, 0.1) is 6.92 Å². The van der Waals surface area contributed by atoms with Crippen LogP contribution in [0.25, 0.3) is 0 Å². The first-order chi connectivity index (χ1) is 8.50. The summed E-state index contributed by atoms with van der Waals surface area (Å²) in [6.07, 6.45) is 6.78. The van der Waals surface area contributed by atoms with Gasteiger partial charge in [0.1, 0.15) is 12.4 Å². The van der Waals surface area contributed by atoms with Crippen molar-refractivity contribution < 1.29 is 30.7 Å². The maximum Gasteiger partial charge on any atom is 0.522 e. The monoisotopic (exact) mass is 303 g/mol. The van der Waals surface area contributed by atoms with Crippen LogP contribution in [0.4, 0.5) is 13.2 Å². The van der Waals surface area contributed by atoms with Gasteiger partial charge in [-0.25, -0.2) is 9.13 Å². The van der Waals surface area contributed by atoms with E-state index in [2.05, 4.69) is 42.4 Å². The maximum absolute atomic E-state index is 10.7. The fourth-order valence-corrected chi connectivity index (χ4v) is 1.16. The van der Waals surface area contributed by atoms with Gasteiger partial charge in [-0.15, -0.1) is 0 Å². The molecule has 0 aliphatic carbocycles. The minimum Gasteiger partial charge on any atom is -0.279 e. The number of hydrogen-bond donors (Lipinski definition) is 1. The Kier molecular flexibility index (Phi) is 6.50. The van der Waals surface area contributed by atoms with Crippen LogP contribution in [-0.4, -0.2) is 23.0 Å². The number of halogens is 3. The lowest BCUT2D eigenvalue weighted by Gasteiger charge is -1.97. The molecule has 19 heavy (non-hydrogen) atoms. The Morgan fingerprint density at radius 1 is 1.42 bits per heavy atom. The molecule has 1 heterocycles. The smallest absolute Gasteiger partial charge is 0.279 e. The molecule has 0 amide bonds. The first-order valence-corrected chi connectivity index (χ1v) is 6.99. The van der Waals surface area contributed by atoms with E-state index in [9.17, 15) is 13.2 Å². The van der Waals surface area contributed by atoms with Crippen LogP contribution in [-0.2, 0) is 23.7 Å². The summed E-state index contributed by atoms with van der Waals surface area (Å²) in [6, 6.07) is 0. The highest BCUT2D eigenvalue weighted by atomic mass is 32.2. The quantitative estimate of drug-likeness (QED) is 0.526. The number of rotatable bonds is 3. The topological polar surface area (TPSA) is 63.2 Å². The van der Waals surface area contributed by atoms with Crippen LogP contribution in [0.1, 0.15) is 25.6 Å². The molecule has 1 aromatic rings. The van der Waals surface area contributed by atoms with Crippen LogP contribution in [0.3, 0.4) is 0 Å². The first-order valence-electron chi connectivity index (χ1n) is 5.55. The predicted molar refractivity (Wildman–Crippen MR) is 62.9 cm³/mol. The second-order valence-corrected chi connectivity index (χ2v) is 5.34. The van der Waals surface area contributed by atoms with Crippen molar-refractivity contribution >= 4 is 10.1 Å². The predicted octanol–water partition coefficient (Wildman–Crippen LogP) is 1.82.